The Labute approximate surface area is 119 Å². The molecule has 0 radical (unpaired) electrons. The first kappa shape index (κ1) is 14.8. The van der Waals surface area contributed by atoms with E-state index in [1.54, 1.807) is 7.11 Å². The molecule has 5 nitrogen and oxygen atoms in total. The second-order valence-electron chi connectivity index (χ2n) is 4.96. The Bertz CT molecular complexity index is 432. The van der Waals surface area contributed by atoms with Crippen molar-refractivity contribution in [3.8, 4) is 5.75 Å². The SMILES string of the molecule is COc1ccc(CCN2CCOCC2CC(=O)O)cc1. The standard InChI is InChI=1S/C15H21NO4/c1-19-14-4-2-12(3-5-14)6-7-16-8-9-20-11-13(16)10-15(17)18/h2-5,13H,6-11H2,1H3,(H,17,18). The summed E-state index contributed by atoms with van der Waals surface area (Å²) >= 11 is 0. The van der Waals surface area contributed by atoms with Crippen LogP contribution in [0, 0.1) is 0 Å². The van der Waals surface area contributed by atoms with Crippen molar-refractivity contribution in [1.29, 1.82) is 0 Å². The van der Waals surface area contributed by atoms with Crippen molar-refractivity contribution in [3.63, 3.8) is 0 Å². The van der Waals surface area contributed by atoms with E-state index in [9.17, 15) is 4.79 Å². The van der Waals surface area contributed by atoms with Gasteiger partial charge < -0.3 is 14.6 Å². The number of nitrogens with zero attached hydrogens (tertiary/aromatic N) is 1. The Morgan fingerprint density at radius 2 is 2.20 bits per heavy atom. The summed E-state index contributed by atoms with van der Waals surface area (Å²) in [7, 11) is 1.65. The molecule has 1 fully saturated rings. The normalized spacial score (nSPS) is 19.8. The van der Waals surface area contributed by atoms with Crippen LogP contribution in [0.25, 0.3) is 0 Å². The smallest absolute Gasteiger partial charge is 0.305 e. The minimum atomic E-state index is -0.769. The van der Waals surface area contributed by atoms with Gasteiger partial charge in [-0.2, -0.15) is 0 Å². The number of aliphatic carboxylic acids is 1. The third kappa shape index (κ3) is 4.21. The van der Waals surface area contributed by atoms with Gasteiger partial charge in [0.15, 0.2) is 0 Å². The fourth-order valence-electron chi connectivity index (χ4n) is 2.44. The third-order valence-electron chi connectivity index (χ3n) is 3.61. The molecule has 0 spiro atoms. The predicted molar refractivity (Wildman–Crippen MR) is 75.1 cm³/mol. The van der Waals surface area contributed by atoms with E-state index in [1.165, 1.54) is 5.56 Å². The molecule has 110 valence electrons. The number of hydrogen-bond donors (Lipinski definition) is 1. The summed E-state index contributed by atoms with van der Waals surface area (Å²) in [4.78, 5) is 13.1. The van der Waals surface area contributed by atoms with Gasteiger partial charge in [0.1, 0.15) is 5.75 Å². The van der Waals surface area contributed by atoms with Crippen LogP contribution in [0.5, 0.6) is 5.75 Å². The van der Waals surface area contributed by atoms with Crippen molar-refractivity contribution >= 4 is 5.97 Å². The van der Waals surface area contributed by atoms with Crippen LogP contribution in [0.3, 0.4) is 0 Å². The van der Waals surface area contributed by atoms with E-state index in [0.29, 0.717) is 13.2 Å². The zero-order valence-electron chi connectivity index (χ0n) is 11.7. The van der Waals surface area contributed by atoms with E-state index >= 15 is 0 Å². The molecule has 1 aliphatic rings. The number of carboxylic acid groups (broad SMARTS) is 1. The van der Waals surface area contributed by atoms with Crippen molar-refractivity contribution in [2.24, 2.45) is 0 Å². The fraction of sp³-hybridized carbons (Fsp3) is 0.533. The van der Waals surface area contributed by atoms with Crippen LogP contribution < -0.4 is 4.74 Å². The predicted octanol–water partition coefficient (Wildman–Crippen LogP) is 1.41. The molecule has 1 unspecified atom stereocenters. The van der Waals surface area contributed by atoms with E-state index in [2.05, 4.69) is 4.90 Å². The second-order valence-corrected chi connectivity index (χ2v) is 4.96. The maximum atomic E-state index is 10.9. The average Bonchev–Trinajstić information content (AvgIpc) is 2.46. The summed E-state index contributed by atoms with van der Waals surface area (Å²) in [6.45, 7) is 2.84. The Hall–Kier alpha value is -1.59. The zero-order chi connectivity index (χ0) is 14.4. The van der Waals surface area contributed by atoms with Crippen LogP contribution in [-0.2, 0) is 16.0 Å². The second kappa shape index (κ2) is 7.26. The van der Waals surface area contributed by atoms with Gasteiger partial charge in [-0.1, -0.05) is 12.1 Å². The van der Waals surface area contributed by atoms with Crippen molar-refractivity contribution in [3.05, 3.63) is 29.8 Å². The number of carbonyl (C=O) groups is 1. The van der Waals surface area contributed by atoms with E-state index in [1.807, 2.05) is 24.3 Å². The largest absolute Gasteiger partial charge is 0.497 e. The molecule has 2 rings (SSSR count). The van der Waals surface area contributed by atoms with Gasteiger partial charge >= 0.3 is 5.97 Å². The van der Waals surface area contributed by atoms with Crippen LogP contribution in [0.4, 0.5) is 0 Å². The van der Waals surface area contributed by atoms with Gasteiger partial charge in [0.05, 0.1) is 26.7 Å². The fourth-order valence-corrected chi connectivity index (χ4v) is 2.44. The molecule has 1 aromatic carbocycles. The first-order valence-electron chi connectivity index (χ1n) is 6.85. The van der Waals surface area contributed by atoms with Crippen molar-refractivity contribution in [2.75, 3.05) is 33.4 Å². The monoisotopic (exact) mass is 279 g/mol. The van der Waals surface area contributed by atoms with Crippen LogP contribution in [0.1, 0.15) is 12.0 Å². The molecule has 0 saturated carbocycles. The third-order valence-corrected chi connectivity index (χ3v) is 3.61. The van der Waals surface area contributed by atoms with Crippen LogP contribution >= 0.6 is 0 Å². The summed E-state index contributed by atoms with van der Waals surface area (Å²) in [6, 6.07) is 7.98. The van der Waals surface area contributed by atoms with Gasteiger partial charge in [-0.05, 0) is 24.1 Å². The molecular formula is C15H21NO4. The molecular weight excluding hydrogens is 258 g/mol. The average molecular weight is 279 g/mol. The Morgan fingerprint density at radius 3 is 2.85 bits per heavy atom. The highest BCUT2D eigenvalue weighted by Crippen LogP contribution is 2.15. The van der Waals surface area contributed by atoms with E-state index in [0.717, 1.165) is 25.3 Å². The number of methoxy groups -OCH3 is 1. The molecule has 0 aromatic heterocycles. The van der Waals surface area contributed by atoms with E-state index in [4.69, 9.17) is 14.6 Å². The molecule has 1 atom stereocenters. The summed E-state index contributed by atoms with van der Waals surface area (Å²) in [6.07, 6.45) is 1.04. The van der Waals surface area contributed by atoms with Crippen LogP contribution in [-0.4, -0.2) is 55.4 Å². The maximum Gasteiger partial charge on any atom is 0.305 e. The number of hydrogen-bond acceptors (Lipinski definition) is 4. The lowest BCUT2D eigenvalue weighted by molar-refractivity contribution is -0.140. The molecule has 1 heterocycles. The number of morpholine rings is 1. The van der Waals surface area contributed by atoms with Gasteiger partial charge in [0.2, 0.25) is 0 Å². The first-order chi connectivity index (χ1) is 9.69. The molecule has 1 N–H and O–H groups in total. The van der Waals surface area contributed by atoms with Crippen molar-refractivity contribution in [1.82, 2.24) is 4.90 Å². The van der Waals surface area contributed by atoms with Crippen molar-refractivity contribution in [2.45, 2.75) is 18.9 Å². The Morgan fingerprint density at radius 1 is 1.45 bits per heavy atom. The highest BCUT2D eigenvalue weighted by atomic mass is 16.5. The molecule has 1 aromatic rings. The molecule has 5 heteroatoms. The Kier molecular flexibility index (Phi) is 5.38. The van der Waals surface area contributed by atoms with Gasteiger partial charge in [-0.25, -0.2) is 0 Å². The Balaban J connectivity index is 1.88. The molecule has 0 amide bonds. The molecule has 1 saturated heterocycles. The highest BCUT2D eigenvalue weighted by Gasteiger charge is 2.24. The number of rotatable bonds is 6. The van der Waals surface area contributed by atoms with Gasteiger partial charge in [-0.15, -0.1) is 0 Å². The van der Waals surface area contributed by atoms with Gasteiger partial charge in [0, 0.05) is 19.1 Å². The van der Waals surface area contributed by atoms with Gasteiger partial charge in [-0.3, -0.25) is 9.69 Å². The summed E-state index contributed by atoms with van der Waals surface area (Å²) in [5, 5.41) is 8.93. The molecule has 20 heavy (non-hydrogen) atoms. The lowest BCUT2D eigenvalue weighted by Crippen LogP contribution is -2.47. The highest BCUT2D eigenvalue weighted by molar-refractivity contribution is 5.67. The minimum Gasteiger partial charge on any atom is -0.497 e. The summed E-state index contributed by atoms with van der Waals surface area (Å²) in [5.74, 6) is 0.0822. The quantitative estimate of drug-likeness (QED) is 0.853. The first-order valence-corrected chi connectivity index (χ1v) is 6.85. The lowest BCUT2D eigenvalue weighted by atomic mass is 10.1. The summed E-state index contributed by atoms with van der Waals surface area (Å²) < 4.78 is 10.5. The van der Waals surface area contributed by atoms with E-state index in [-0.39, 0.29) is 12.5 Å². The van der Waals surface area contributed by atoms with Gasteiger partial charge in [0.25, 0.3) is 0 Å². The minimum absolute atomic E-state index is 0.0144. The van der Waals surface area contributed by atoms with Crippen LogP contribution in [0.15, 0.2) is 24.3 Å². The lowest BCUT2D eigenvalue weighted by Gasteiger charge is -2.34. The maximum absolute atomic E-state index is 10.9. The number of ether oxygens (including phenoxy) is 2. The summed E-state index contributed by atoms with van der Waals surface area (Å²) in [5.41, 5.74) is 1.23. The zero-order valence-corrected chi connectivity index (χ0v) is 11.7. The number of benzene rings is 1. The molecule has 1 aliphatic heterocycles. The molecule has 0 bridgehead atoms. The van der Waals surface area contributed by atoms with E-state index < -0.39 is 5.97 Å². The molecule has 0 aliphatic carbocycles. The number of carboxylic acids is 1. The van der Waals surface area contributed by atoms with Crippen molar-refractivity contribution < 1.29 is 19.4 Å². The topological polar surface area (TPSA) is 59.0 Å². The van der Waals surface area contributed by atoms with Crippen LogP contribution in [0.2, 0.25) is 0 Å².